The first-order valence-corrected chi connectivity index (χ1v) is 10.0. The summed E-state index contributed by atoms with van der Waals surface area (Å²) in [6.45, 7) is 0. The van der Waals surface area contributed by atoms with Crippen molar-refractivity contribution in [2.45, 2.75) is 18.9 Å². The van der Waals surface area contributed by atoms with Crippen LogP contribution in [0.3, 0.4) is 0 Å². The van der Waals surface area contributed by atoms with Gasteiger partial charge in [-0.15, -0.1) is 0 Å². The number of carbonyl (C=O) groups is 2. The number of amides is 2. The van der Waals surface area contributed by atoms with E-state index in [1.54, 1.807) is 38.4 Å². The van der Waals surface area contributed by atoms with Gasteiger partial charge in [0.15, 0.2) is 9.84 Å². The van der Waals surface area contributed by atoms with Crippen LogP contribution < -0.4 is 10.1 Å². The van der Waals surface area contributed by atoms with Crippen LogP contribution in [-0.2, 0) is 19.4 Å². The number of anilines is 1. The van der Waals surface area contributed by atoms with Gasteiger partial charge in [-0.25, -0.2) is 8.42 Å². The number of hydrogen-bond donors (Lipinski definition) is 1. The summed E-state index contributed by atoms with van der Waals surface area (Å²) >= 11 is 0. The Kier molecular flexibility index (Phi) is 4.73. The lowest BCUT2D eigenvalue weighted by Crippen LogP contribution is -2.39. The van der Waals surface area contributed by atoms with Gasteiger partial charge in [-0.3, -0.25) is 9.59 Å². The topological polar surface area (TPSA) is 92.8 Å². The average molecular weight is 366 g/mol. The highest BCUT2D eigenvalue weighted by Gasteiger charge is 2.50. The molecule has 2 fully saturated rings. The maximum absolute atomic E-state index is 12.5. The predicted molar refractivity (Wildman–Crippen MR) is 93.0 cm³/mol. The minimum Gasteiger partial charge on any atom is -0.497 e. The summed E-state index contributed by atoms with van der Waals surface area (Å²) in [7, 11) is 0.138. The molecular formula is C17H22N2O5S. The van der Waals surface area contributed by atoms with Gasteiger partial charge in [0.2, 0.25) is 11.8 Å². The first kappa shape index (κ1) is 17.7. The number of methoxy groups -OCH3 is 1. The molecule has 3 unspecified atom stereocenters. The van der Waals surface area contributed by atoms with Crippen LogP contribution in [0.15, 0.2) is 24.3 Å². The van der Waals surface area contributed by atoms with E-state index < -0.39 is 9.84 Å². The molecule has 2 amide bonds. The van der Waals surface area contributed by atoms with E-state index in [4.69, 9.17) is 4.74 Å². The molecule has 1 aliphatic heterocycles. The van der Waals surface area contributed by atoms with Gasteiger partial charge in [-0.1, -0.05) is 6.07 Å². The summed E-state index contributed by atoms with van der Waals surface area (Å²) in [4.78, 5) is 26.3. The summed E-state index contributed by atoms with van der Waals surface area (Å²) in [5.41, 5.74) is 0.623. The van der Waals surface area contributed by atoms with Gasteiger partial charge in [0, 0.05) is 24.8 Å². The first-order valence-electron chi connectivity index (χ1n) is 8.23. The maximum Gasteiger partial charge on any atom is 0.228 e. The van der Waals surface area contributed by atoms with Crippen LogP contribution in [0.2, 0.25) is 0 Å². The summed E-state index contributed by atoms with van der Waals surface area (Å²) in [6, 6.07) is 6.75. The second kappa shape index (κ2) is 6.67. The fourth-order valence-electron chi connectivity index (χ4n) is 3.22. The molecule has 1 aromatic rings. The van der Waals surface area contributed by atoms with Gasteiger partial charge in [0.05, 0.1) is 30.5 Å². The standard InChI is InChI=1S/C17H22N2O5S/c1-19(12-6-7-25(22,23)10-12)17(21)15-9-14(15)16(20)18-11-4-3-5-13(8-11)24-2/h3-5,8,12,14-15H,6-7,9-10H2,1-2H3,(H,18,20). The molecule has 7 nitrogen and oxygen atoms in total. The van der Waals surface area contributed by atoms with E-state index in [0.29, 0.717) is 24.3 Å². The maximum atomic E-state index is 12.5. The third-order valence-electron chi connectivity index (χ3n) is 4.89. The van der Waals surface area contributed by atoms with Crippen molar-refractivity contribution in [3.63, 3.8) is 0 Å². The lowest BCUT2D eigenvalue weighted by molar-refractivity contribution is -0.134. The third kappa shape index (κ3) is 3.95. The Labute approximate surface area is 147 Å². The van der Waals surface area contributed by atoms with Crippen molar-refractivity contribution in [2.75, 3.05) is 31.0 Å². The van der Waals surface area contributed by atoms with Crippen LogP contribution in [0.5, 0.6) is 5.75 Å². The second-order valence-electron chi connectivity index (χ2n) is 6.68. The third-order valence-corrected chi connectivity index (χ3v) is 6.64. The average Bonchev–Trinajstić information content (AvgIpc) is 3.30. The van der Waals surface area contributed by atoms with Gasteiger partial charge >= 0.3 is 0 Å². The molecule has 0 radical (unpaired) electrons. The van der Waals surface area contributed by atoms with Gasteiger partial charge in [0.1, 0.15) is 5.75 Å². The molecule has 0 bridgehead atoms. The minimum absolute atomic E-state index is 0.0165. The van der Waals surface area contributed by atoms with Crippen LogP contribution in [0.4, 0.5) is 5.69 Å². The van der Waals surface area contributed by atoms with Crippen molar-refractivity contribution in [1.82, 2.24) is 4.90 Å². The Morgan fingerprint density at radius 2 is 2.04 bits per heavy atom. The Hall–Kier alpha value is -2.09. The fraction of sp³-hybridized carbons (Fsp3) is 0.529. The Balaban J connectivity index is 1.56. The number of sulfone groups is 1. The van der Waals surface area contributed by atoms with Gasteiger partial charge in [-0.05, 0) is 25.0 Å². The molecular weight excluding hydrogens is 344 g/mol. The monoisotopic (exact) mass is 366 g/mol. The Morgan fingerprint density at radius 1 is 1.28 bits per heavy atom. The van der Waals surface area contributed by atoms with Gasteiger partial charge in [-0.2, -0.15) is 0 Å². The lowest BCUT2D eigenvalue weighted by Gasteiger charge is -2.23. The molecule has 0 spiro atoms. The molecule has 1 heterocycles. The number of nitrogens with zero attached hydrogens (tertiary/aromatic N) is 1. The highest BCUT2D eigenvalue weighted by atomic mass is 32.2. The number of rotatable bonds is 5. The van der Waals surface area contributed by atoms with E-state index >= 15 is 0 Å². The number of carbonyl (C=O) groups excluding carboxylic acids is 2. The lowest BCUT2D eigenvalue weighted by atomic mass is 10.2. The molecule has 3 atom stereocenters. The zero-order chi connectivity index (χ0) is 18.2. The molecule has 1 saturated carbocycles. The Bertz CT molecular complexity index is 792. The first-order chi connectivity index (χ1) is 11.8. The van der Waals surface area contributed by atoms with E-state index in [1.807, 2.05) is 0 Å². The highest BCUT2D eigenvalue weighted by molar-refractivity contribution is 7.91. The summed E-state index contributed by atoms with van der Waals surface area (Å²) in [5, 5.41) is 2.80. The van der Waals surface area contributed by atoms with Gasteiger partial charge < -0.3 is 15.0 Å². The van der Waals surface area contributed by atoms with Crippen LogP contribution in [0.1, 0.15) is 12.8 Å². The number of benzene rings is 1. The van der Waals surface area contributed by atoms with Crippen molar-refractivity contribution >= 4 is 27.3 Å². The fourth-order valence-corrected chi connectivity index (χ4v) is 4.99. The normalized spacial score (nSPS) is 26.7. The number of hydrogen-bond acceptors (Lipinski definition) is 5. The van der Waals surface area contributed by atoms with Crippen molar-refractivity contribution in [3.8, 4) is 5.75 Å². The summed E-state index contributed by atoms with van der Waals surface area (Å²) in [6.07, 6.45) is 0.969. The van der Waals surface area contributed by atoms with E-state index in [-0.39, 0.29) is 41.2 Å². The molecule has 25 heavy (non-hydrogen) atoms. The van der Waals surface area contributed by atoms with Crippen LogP contribution in [-0.4, -0.2) is 56.8 Å². The number of ether oxygens (including phenoxy) is 1. The van der Waals surface area contributed by atoms with Crippen LogP contribution in [0, 0.1) is 11.8 Å². The quantitative estimate of drug-likeness (QED) is 0.836. The predicted octanol–water partition coefficient (Wildman–Crippen LogP) is 0.915. The molecule has 3 rings (SSSR count). The van der Waals surface area contributed by atoms with E-state index in [1.165, 1.54) is 4.90 Å². The zero-order valence-electron chi connectivity index (χ0n) is 14.3. The van der Waals surface area contributed by atoms with E-state index in [2.05, 4.69) is 5.32 Å². The zero-order valence-corrected chi connectivity index (χ0v) is 15.1. The Morgan fingerprint density at radius 3 is 2.68 bits per heavy atom. The van der Waals surface area contributed by atoms with Crippen molar-refractivity contribution in [3.05, 3.63) is 24.3 Å². The van der Waals surface area contributed by atoms with E-state index in [9.17, 15) is 18.0 Å². The van der Waals surface area contributed by atoms with Crippen LogP contribution in [0.25, 0.3) is 0 Å². The molecule has 1 saturated heterocycles. The summed E-state index contributed by atoms with van der Waals surface area (Å²) < 4.78 is 28.3. The smallest absolute Gasteiger partial charge is 0.228 e. The molecule has 1 aromatic carbocycles. The number of nitrogens with one attached hydrogen (secondary N) is 1. The van der Waals surface area contributed by atoms with Crippen molar-refractivity contribution in [2.24, 2.45) is 11.8 Å². The summed E-state index contributed by atoms with van der Waals surface area (Å²) in [5.74, 6) is -0.282. The molecule has 1 aliphatic carbocycles. The van der Waals surface area contributed by atoms with Crippen molar-refractivity contribution in [1.29, 1.82) is 0 Å². The molecule has 1 N–H and O–H groups in total. The van der Waals surface area contributed by atoms with Crippen LogP contribution >= 0.6 is 0 Å². The van der Waals surface area contributed by atoms with E-state index in [0.717, 1.165) is 0 Å². The molecule has 0 aromatic heterocycles. The van der Waals surface area contributed by atoms with Gasteiger partial charge in [0.25, 0.3) is 0 Å². The highest BCUT2D eigenvalue weighted by Crippen LogP contribution is 2.41. The molecule has 136 valence electrons. The minimum atomic E-state index is -3.04. The second-order valence-corrected chi connectivity index (χ2v) is 8.90. The largest absolute Gasteiger partial charge is 0.497 e. The SMILES string of the molecule is COc1cccc(NC(=O)C2CC2C(=O)N(C)C2CCS(=O)(=O)C2)c1. The molecule has 2 aliphatic rings. The van der Waals surface area contributed by atoms with Crippen molar-refractivity contribution < 1.29 is 22.7 Å². The molecule has 8 heteroatoms.